The highest BCUT2D eigenvalue weighted by Crippen LogP contribution is 2.26. The van der Waals surface area contributed by atoms with Crippen molar-refractivity contribution in [3.05, 3.63) is 117 Å². The topological polar surface area (TPSA) is 366 Å². The minimum absolute atomic E-state index is 0.0223. The van der Waals surface area contributed by atoms with Gasteiger partial charge in [-0.05, 0) is 148 Å². The fourth-order valence-corrected chi connectivity index (χ4v) is 8.60. The van der Waals surface area contributed by atoms with E-state index in [4.69, 9.17) is 53.3 Å². The van der Waals surface area contributed by atoms with Gasteiger partial charge in [0.15, 0.2) is 23.1 Å². The second kappa shape index (κ2) is 31.5. The summed E-state index contributed by atoms with van der Waals surface area (Å²) in [5.74, 6) is -3.20. The molecule has 15 N–H and O–H groups in total. The molecule has 21 heteroatoms. The highest BCUT2D eigenvalue weighted by atomic mass is 16.5. The van der Waals surface area contributed by atoms with Crippen LogP contribution >= 0.6 is 0 Å². The van der Waals surface area contributed by atoms with Gasteiger partial charge < -0.3 is 69.3 Å². The summed E-state index contributed by atoms with van der Waals surface area (Å²) in [6.07, 6.45) is 2.17. The maximum absolute atomic E-state index is 14.2. The molecular weight excluding hydrogens is 991 g/mol. The van der Waals surface area contributed by atoms with Crippen molar-refractivity contribution in [1.82, 2.24) is 16.0 Å². The molecule has 0 aromatic heterocycles. The summed E-state index contributed by atoms with van der Waals surface area (Å²) in [4.78, 5) is 109. The number of rotatable bonds is 35. The Balaban J connectivity index is 1.52. The van der Waals surface area contributed by atoms with Crippen LogP contribution in [-0.4, -0.2) is 126 Å². The summed E-state index contributed by atoms with van der Waals surface area (Å²) in [6, 6.07) is 14.9. The molecule has 0 fully saturated rings. The van der Waals surface area contributed by atoms with Crippen molar-refractivity contribution in [2.45, 2.75) is 101 Å². The maximum atomic E-state index is 14.2. The average molecular weight is 1070 g/mol. The Hall–Kier alpha value is -7.56. The van der Waals surface area contributed by atoms with Gasteiger partial charge in [0.2, 0.25) is 0 Å². The quantitative estimate of drug-likeness (QED) is 0.0318. The van der Waals surface area contributed by atoms with Crippen molar-refractivity contribution in [1.29, 1.82) is 0 Å². The standard InChI is InChI=1S/C56H75N9O12/c1-74-49-17-13-33(25-37(49)53(62)70)30-46(67)42(10-6-22-58)63-55(72)39-27-35(15-19-51(39)76-3)32-48(69)44(12-8-24-60)65-56(73)40-28-36(16-20-52(40)77-4)31-47(68)43(11-7-23-59)64-54(71)38-26-34(14-18-50(38)75-2)29-45(66)41(61)9-5-21-57/h13-20,25-28,41-44H,5-12,21-24,29-32,57-61H2,1-4H3,(H2,62,70)(H,63,72)(H,64,71)(H,65,73)/t41-,42-,43-,44-/m1/s1. The molecule has 4 atom stereocenters. The van der Waals surface area contributed by atoms with Gasteiger partial charge >= 0.3 is 0 Å². The molecule has 4 rings (SSSR count). The fourth-order valence-electron chi connectivity index (χ4n) is 8.60. The molecule has 0 radical (unpaired) electrons. The zero-order chi connectivity index (χ0) is 56.6. The second-order valence-corrected chi connectivity index (χ2v) is 18.5. The Morgan fingerprint density at radius 1 is 0.403 bits per heavy atom. The van der Waals surface area contributed by atoms with E-state index in [0.717, 1.165) is 0 Å². The third kappa shape index (κ3) is 18.3. The Bertz CT molecular complexity index is 2720. The zero-order valence-electron chi connectivity index (χ0n) is 44.4. The number of methoxy groups -OCH3 is 4. The van der Waals surface area contributed by atoms with Crippen molar-refractivity contribution in [2.75, 3.05) is 54.6 Å². The number of amides is 4. The highest BCUT2D eigenvalue weighted by Gasteiger charge is 2.29. The smallest absolute Gasteiger partial charge is 0.255 e. The molecule has 4 amide bonds. The van der Waals surface area contributed by atoms with Gasteiger partial charge in [0.05, 0.1) is 74.9 Å². The number of benzene rings is 4. The summed E-state index contributed by atoms with van der Waals surface area (Å²) in [5.41, 5.74) is 36.8. The summed E-state index contributed by atoms with van der Waals surface area (Å²) >= 11 is 0. The first-order chi connectivity index (χ1) is 36.9. The molecule has 0 saturated carbocycles. The number of carbonyl (C=O) groups is 8. The maximum Gasteiger partial charge on any atom is 0.255 e. The molecule has 0 aliphatic heterocycles. The molecule has 0 bridgehead atoms. The number of primary amides is 1. The fraction of sp³-hybridized carbons (Fsp3) is 0.429. The predicted octanol–water partition coefficient (Wildman–Crippen LogP) is 1.95. The molecule has 0 aliphatic rings. The Labute approximate surface area is 449 Å². The van der Waals surface area contributed by atoms with Crippen LogP contribution in [0.15, 0.2) is 72.8 Å². The lowest BCUT2D eigenvalue weighted by atomic mass is 9.96. The van der Waals surface area contributed by atoms with Crippen molar-refractivity contribution in [3.63, 3.8) is 0 Å². The van der Waals surface area contributed by atoms with E-state index in [0.29, 0.717) is 60.9 Å². The summed E-state index contributed by atoms with van der Waals surface area (Å²) < 4.78 is 21.7. The predicted molar refractivity (Wildman–Crippen MR) is 290 cm³/mol. The van der Waals surface area contributed by atoms with Crippen LogP contribution < -0.4 is 69.3 Å². The Morgan fingerprint density at radius 2 is 0.662 bits per heavy atom. The third-order valence-corrected chi connectivity index (χ3v) is 12.9. The highest BCUT2D eigenvalue weighted by molar-refractivity contribution is 6.03. The number of hydrogen-bond acceptors (Lipinski definition) is 17. The van der Waals surface area contributed by atoms with E-state index in [9.17, 15) is 38.4 Å². The zero-order valence-corrected chi connectivity index (χ0v) is 44.4. The van der Waals surface area contributed by atoms with Crippen molar-refractivity contribution in [2.24, 2.45) is 34.4 Å². The number of ketones is 4. The van der Waals surface area contributed by atoms with Crippen LogP contribution in [-0.2, 0) is 44.9 Å². The van der Waals surface area contributed by atoms with Gasteiger partial charge in [-0.3, -0.25) is 38.4 Å². The van der Waals surface area contributed by atoms with Crippen LogP contribution in [0.2, 0.25) is 0 Å². The molecule has 0 aliphatic carbocycles. The monoisotopic (exact) mass is 1070 g/mol. The van der Waals surface area contributed by atoms with Crippen LogP contribution in [0.5, 0.6) is 23.0 Å². The van der Waals surface area contributed by atoms with Crippen LogP contribution in [0.3, 0.4) is 0 Å². The number of hydrogen-bond donors (Lipinski definition) is 9. The van der Waals surface area contributed by atoms with Gasteiger partial charge in [-0.15, -0.1) is 0 Å². The van der Waals surface area contributed by atoms with Gasteiger partial charge in [0.25, 0.3) is 23.6 Å². The minimum Gasteiger partial charge on any atom is -0.496 e. The first-order valence-electron chi connectivity index (χ1n) is 25.5. The minimum atomic E-state index is -1.05. The molecule has 4 aromatic rings. The van der Waals surface area contributed by atoms with Gasteiger partial charge in [0.1, 0.15) is 23.0 Å². The van der Waals surface area contributed by atoms with E-state index in [-0.39, 0.29) is 127 Å². The number of nitrogens with one attached hydrogen (secondary N) is 3. The van der Waals surface area contributed by atoms with E-state index in [1.165, 1.54) is 70.9 Å². The van der Waals surface area contributed by atoms with E-state index in [1.54, 1.807) is 30.3 Å². The van der Waals surface area contributed by atoms with Crippen LogP contribution in [0.4, 0.5) is 0 Å². The molecule has 0 saturated heterocycles. The first kappa shape index (κ1) is 62.0. The van der Waals surface area contributed by atoms with Crippen LogP contribution in [0, 0.1) is 0 Å². The first-order valence-corrected chi connectivity index (χ1v) is 25.5. The van der Waals surface area contributed by atoms with E-state index < -0.39 is 53.6 Å². The van der Waals surface area contributed by atoms with Gasteiger partial charge in [0, 0.05) is 25.7 Å². The molecule has 0 unspecified atom stereocenters. The number of nitrogens with two attached hydrogens (primary N) is 6. The van der Waals surface area contributed by atoms with Crippen LogP contribution in [0.25, 0.3) is 0 Å². The van der Waals surface area contributed by atoms with Gasteiger partial charge in [-0.1, -0.05) is 24.3 Å². The lowest BCUT2D eigenvalue weighted by Gasteiger charge is -2.21. The molecular formula is C56H75N9O12. The molecule has 77 heavy (non-hydrogen) atoms. The third-order valence-electron chi connectivity index (χ3n) is 12.9. The van der Waals surface area contributed by atoms with E-state index in [2.05, 4.69) is 16.0 Å². The van der Waals surface area contributed by atoms with Gasteiger partial charge in [-0.25, -0.2) is 0 Å². The molecule has 416 valence electrons. The van der Waals surface area contributed by atoms with Crippen LogP contribution in [0.1, 0.15) is 115 Å². The summed E-state index contributed by atoms with van der Waals surface area (Å²) in [5, 5.41) is 8.45. The largest absolute Gasteiger partial charge is 0.496 e. The Kier molecular flexibility index (Phi) is 25.3. The van der Waals surface area contributed by atoms with E-state index in [1.807, 2.05) is 0 Å². The lowest BCUT2D eigenvalue weighted by molar-refractivity contribution is -0.121. The number of Topliss-reactive ketones (excluding diaryl/α,β-unsaturated/α-hetero) is 4. The molecule has 0 heterocycles. The SMILES string of the molecule is COc1ccc(CC(=O)[C@@H](CCCN)NC(=O)c2cc(CC(=O)[C@@H](CCCN)NC(=O)c3cc(CC(=O)[C@@H](CCCN)NC(=O)c4cc(CC(=O)[C@H](N)CCCN)ccc4OC)ccc3OC)ccc2OC)cc1C(N)=O. The molecule has 4 aromatic carbocycles. The number of ether oxygens (including phenoxy) is 4. The summed E-state index contributed by atoms with van der Waals surface area (Å²) in [7, 11) is 5.54. The van der Waals surface area contributed by atoms with Gasteiger partial charge in [-0.2, -0.15) is 0 Å². The normalized spacial score (nSPS) is 12.5. The molecule has 0 spiro atoms. The summed E-state index contributed by atoms with van der Waals surface area (Å²) in [6.45, 7) is 1.11. The number of carbonyl (C=O) groups excluding carboxylic acids is 8. The molecule has 21 nitrogen and oxygen atoms in total. The average Bonchev–Trinajstić information content (AvgIpc) is 3.43. The van der Waals surface area contributed by atoms with Crippen molar-refractivity contribution in [3.8, 4) is 23.0 Å². The second-order valence-electron chi connectivity index (χ2n) is 18.5. The van der Waals surface area contributed by atoms with Crippen molar-refractivity contribution < 1.29 is 57.3 Å². The van der Waals surface area contributed by atoms with E-state index >= 15 is 0 Å². The Morgan fingerprint density at radius 3 is 0.935 bits per heavy atom. The van der Waals surface area contributed by atoms with Crippen molar-refractivity contribution >= 4 is 46.8 Å². The lowest BCUT2D eigenvalue weighted by Crippen LogP contribution is -2.42.